The molecule has 1 aliphatic rings. The van der Waals surface area contributed by atoms with Crippen LogP contribution in [0.3, 0.4) is 0 Å². The fourth-order valence-corrected chi connectivity index (χ4v) is 3.87. The van der Waals surface area contributed by atoms with Crippen LogP contribution in [0.5, 0.6) is 0 Å². The molecule has 1 amide bonds. The van der Waals surface area contributed by atoms with E-state index >= 15 is 0 Å². The largest absolute Gasteiger partial charge is 0.385 e. The van der Waals surface area contributed by atoms with Gasteiger partial charge in [-0.05, 0) is 63.1 Å². The Labute approximate surface area is 175 Å². The van der Waals surface area contributed by atoms with Crippen LogP contribution in [0.2, 0.25) is 0 Å². The molecule has 6 nitrogen and oxygen atoms in total. The van der Waals surface area contributed by atoms with Gasteiger partial charge in [0.25, 0.3) is 5.91 Å². The van der Waals surface area contributed by atoms with Gasteiger partial charge in [0.1, 0.15) is 0 Å². The Bertz CT molecular complexity index is 688. The van der Waals surface area contributed by atoms with Crippen molar-refractivity contribution in [3.05, 3.63) is 35.4 Å². The molecule has 0 spiro atoms. The summed E-state index contributed by atoms with van der Waals surface area (Å²) in [6.07, 6.45) is 6.15. The van der Waals surface area contributed by atoms with E-state index in [1.54, 1.807) is 14.2 Å². The number of guanidine groups is 1. The summed E-state index contributed by atoms with van der Waals surface area (Å²) in [6, 6.07) is 7.71. The van der Waals surface area contributed by atoms with Gasteiger partial charge in [-0.2, -0.15) is 0 Å². The molecule has 29 heavy (non-hydrogen) atoms. The van der Waals surface area contributed by atoms with Crippen LogP contribution in [0.1, 0.15) is 68.8 Å². The Kier molecular flexibility index (Phi) is 8.50. The van der Waals surface area contributed by atoms with Gasteiger partial charge in [-0.15, -0.1) is 0 Å². The summed E-state index contributed by atoms with van der Waals surface area (Å²) < 4.78 is 5.32. The molecule has 0 aliphatic heterocycles. The predicted octanol–water partition coefficient (Wildman–Crippen LogP) is 3.48. The van der Waals surface area contributed by atoms with Crippen molar-refractivity contribution in [1.82, 2.24) is 16.0 Å². The number of methoxy groups -OCH3 is 1. The fraction of sp³-hybridized carbons (Fsp3) is 0.652. The van der Waals surface area contributed by atoms with Gasteiger partial charge in [0.05, 0.1) is 0 Å². The second-order valence-electron chi connectivity index (χ2n) is 9.13. The maximum Gasteiger partial charge on any atom is 0.251 e. The van der Waals surface area contributed by atoms with Crippen LogP contribution in [-0.2, 0) is 11.3 Å². The highest BCUT2D eigenvalue weighted by Crippen LogP contribution is 2.40. The molecule has 1 aromatic carbocycles. The first-order valence-corrected chi connectivity index (χ1v) is 10.6. The number of nitrogens with one attached hydrogen (secondary N) is 3. The first-order chi connectivity index (χ1) is 13.8. The van der Waals surface area contributed by atoms with Crippen LogP contribution in [0, 0.1) is 5.41 Å². The van der Waals surface area contributed by atoms with Crippen molar-refractivity contribution >= 4 is 11.9 Å². The van der Waals surface area contributed by atoms with E-state index in [4.69, 9.17) is 4.74 Å². The molecule has 0 saturated heterocycles. The van der Waals surface area contributed by atoms with E-state index in [0.717, 1.165) is 31.1 Å². The van der Waals surface area contributed by atoms with Gasteiger partial charge in [-0.1, -0.05) is 25.0 Å². The minimum atomic E-state index is -0.254. The van der Waals surface area contributed by atoms with E-state index in [1.165, 1.54) is 25.7 Å². The van der Waals surface area contributed by atoms with Gasteiger partial charge in [-0.3, -0.25) is 9.79 Å². The minimum absolute atomic E-state index is 0.0526. The second-order valence-corrected chi connectivity index (χ2v) is 9.13. The van der Waals surface area contributed by atoms with Crippen LogP contribution < -0.4 is 16.0 Å². The zero-order valence-electron chi connectivity index (χ0n) is 18.7. The standard InChI is InChI=1S/C23H38N4O2/c1-22(2,3)27-20(28)19-10-8-9-18(15-19)16-25-21(24-4)26-17-23(13-14-29-5)11-6-7-12-23/h8-10,15H,6-7,11-14,16-17H2,1-5H3,(H,27,28)(H2,24,25,26). The Hall–Kier alpha value is -2.08. The average Bonchev–Trinajstić information content (AvgIpc) is 3.14. The topological polar surface area (TPSA) is 74.8 Å². The zero-order valence-corrected chi connectivity index (χ0v) is 18.7. The number of carbonyl (C=O) groups is 1. The predicted molar refractivity (Wildman–Crippen MR) is 119 cm³/mol. The van der Waals surface area contributed by atoms with Crippen molar-refractivity contribution in [1.29, 1.82) is 0 Å². The number of hydrogen-bond donors (Lipinski definition) is 3. The highest BCUT2D eigenvalue weighted by Gasteiger charge is 2.33. The smallest absolute Gasteiger partial charge is 0.251 e. The number of amides is 1. The lowest BCUT2D eigenvalue weighted by Gasteiger charge is -2.30. The van der Waals surface area contributed by atoms with Crippen molar-refractivity contribution in [2.75, 3.05) is 27.3 Å². The van der Waals surface area contributed by atoms with Crippen molar-refractivity contribution in [2.24, 2.45) is 10.4 Å². The molecule has 1 saturated carbocycles. The first kappa shape index (κ1) is 23.2. The molecule has 0 aromatic heterocycles. The fourth-order valence-electron chi connectivity index (χ4n) is 3.87. The molecule has 6 heteroatoms. The van der Waals surface area contributed by atoms with Crippen molar-refractivity contribution in [3.63, 3.8) is 0 Å². The Morgan fingerprint density at radius 2 is 1.93 bits per heavy atom. The summed E-state index contributed by atoms with van der Waals surface area (Å²) in [6.45, 7) is 8.27. The Morgan fingerprint density at radius 3 is 2.55 bits per heavy atom. The lowest BCUT2D eigenvalue weighted by molar-refractivity contribution is 0.0919. The van der Waals surface area contributed by atoms with Gasteiger partial charge in [0.2, 0.25) is 0 Å². The number of rotatable bonds is 8. The molecule has 1 aliphatic carbocycles. The molecule has 2 rings (SSSR count). The number of hydrogen-bond acceptors (Lipinski definition) is 3. The van der Waals surface area contributed by atoms with E-state index in [1.807, 2.05) is 45.0 Å². The number of aliphatic imine (C=N–C) groups is 1. The SMILES string of the molecule is CN=C(NCc1cccc(C(=O)NC(C)(C)C)c1)NCC1(CCOC)CCCC1. The van der Waals surface area contributed by atoms with Gasteiger partial charge < -0.3 is 20.7 Å². The molecule has 0 heterocycles. The summed E-state index contributed by atoms with van der Waals surface area (Å²) in [7, 11) is 3.56. The molecule has 0 unspecified atom stereocenters. The highest BCUT2D eigenvalue weighted by atomic mass is 16.5. The Balaban J connectivity index is 1.90. The number of nitrogens with zero attached hydrogens (tertiary/aromatic N) is 1. The average molecular weight is 403 g/mol. The van der Waals surface area contributed by atoms with Crippen LogP contribution in [0.25, 0.3) is 0 Å². The third-order valence-corrected chi connectivity index (χ3v) is 5.49. The second kappa shape index (κ2) is 10.6. The molecule has 162 valence electrons. The van der Waals surface area contributed by atoms with Crippen LogP contribution >= 0.6 is 0 Å². The Morgan fingerprint density at radius 1 is 1.21 bits per heavy atom. The monoisotopic (exact) mass is 402 g/mol. The van der Waals surface area contributed by atoms with Gasteiger partial charge in [-0.25, -0.2) is 0 Å². The molecule has 0 radical (unpaired) electrons. The minimum Gasteiger partial charge on any atom is -0.385 e. The van der Waals surface area contributed by atoms with Crippen molar-refractivity contribution in [3.8, 4) is 0 Å². The number of benzene rings is 1. The molecular formula is C23H38N4O2. The van der Waals surface area contributed by atoms with Crippen molar-refractivity contribution in [2.45, 2.75) is 65.0 Å². The van der Waals surface area contributed by atoms with E-state index in [9.17, 15) is 4.79 Å². The van der Waals surface area contributed by atoms with Gasteiger partial charge >= 0.3 is 0 Å². The number of carbonyl (C=O) groups excluding carboxylic acids is 1. The van der Waals surface area contributed by atoms with Gasteiger partial charge in [0.15, 0.2) is 5.96 Å². The highest BCUT2D eigenvalue weighted by molar-refractivity contribution is 5.94. The van der Waals surface area contributed by atoms with Crippen LogP contribution in [0.4, 0.5) is 0 Å². The summed E-state index contributed by atoms with van der Waals surface area (Å²) in [5, 5.41) is 9.88. The number of ether oxygens (including phenoxy) is 1. The lowest BCUT2D eigenvalue weighted by Crippen LogP contribution is -2.43. The van der Waals surface area contributed by atoms with Crippen LogP contribution in [0.15, 0.2) is 29.3 Å². The normalized spacial score (nSPS) is 16.5. The maximum atomic E-state index is 12.4. The molecular weight excluding hydrogens is 364 g/mol. The third kappa shape index (κ3) is 7.69. The quantitative estimate of drug-likeness (QED) is 0.460. The van der Waals surface area contributed by atoms with Crippen LogP contribution in [-0.4, -0.2) is 44.7 Å². The summed E-state index contributed by atoms with van der Waals surface area (Å²) in [5.74, 6) is 0.737. The van der Waals surface area contributed by atoms with E-state index < -0.39 is 0 Å². The molecule has 0 bridgehead atoms. The van der Waals surface area contributed by atoms with E-state index in [0.29, 0.717) is 17.5 Å². The lowest BCUT2D eigenvalue weighted by atomic mass is 9.83. The third-order valence-electron chi connectivity index (χ3n) is 5.49. The van der Waals surface area contributed by atoms with Crippen molar-refractivity contribution < 1.29 is 9.53 Å². The van der Waals surface area contributed by atoms with E-state index in [-0.39, 0.29) is 11.4 Å². The molecule has 1 aromatic rings. The molecule has 1 fully saturated rings. The van der Waals surface area contributed by atoms with E-state index in [2.05, 4.69) is 20.9 Å². The summed E-state index contributed by atoms with van der Waals surface area (Å²) >= 11 is 0. The molecule has 0 atom stereocenters. The first-order valence-electron chi connectivity index (χ1n) is 10.6. The maximum absolute atomic E-state index is 12.4. The summed E-state index contributed by atoms with van der Waals surface area (Å²) in [4.78, 5) is 16.8. The van der Waals surface area contributed by atoms with Gasteiger partial charge in [0, 0.05) is 45.0 Å². The molecule has 3 N–H and O–H groups in total. The summed E-state index contributed by atoms with van der Waals surface area (Å²) in [5.41, 5.74) is 1.77. The zero-order chi connectivity index (χ0) is 21.3.